The fourth-order valence-corrected chi connectivity index (χ4v) is 4.34. The smallest absolute Gasteiger partial charge is 0.407 e. The van der Waals surface area contributed by atoms with Crippen LogP contribution in [0, 0.1) is 0 Å². The highest BCUT2D eigenvalue weighted by Gasteiger charge is 2.30. The summed E-state index contributed by atoms with van der Waals surface area (Å²) < 4.78 is 5.53. The summed E-state index contributed by atoms with van der Waals surface area (Å²) in [7, 11) is 0. The van der Waals surface area contributed by atoms with E-state index in [1.54, 1.807) is 25.3 Å². The molecule has 2 amide bonds. The van der Waals surface area contributed by atoms with E-state index in [-0.39, 0.29) is 25.4 Å². The molecule has 1 aliphatic carbocycles. The van der Waals surface area contributed by atoms with E-state index in [0.717, 1.165) is 22.3 Å². The zero-order valence-corrected chi connectivity index (χ0v) is 19.3. The van der Waals surface area contributed by atoms with Crippen molar-refractivity contribution in [1.82, 2.24) is 15.6 Å². The topological polar surface area (TPSA) is 118 Å². The highest BCUT2D eigenvalue weighted by Crippen LogP contribution is 2.44. The molecule has 4 rings (SSSR count). The van der Waals surface area contributed by atoms with Gasteiger partial charge in [-0.2, -0.15) is 0 Å². The van der Waals surface area contributed by atoms with E-state index in [1.807, 2.05) is 54.6 Å². The molecule has 8 heteroatoms. The molecule has 0 saturated carbocycles. The Morgan fingerprint density at radius 1 is 0.943 bits per heavy atom. The monoisotopic (exact) mass is 473 g/mol. The summed E-state index contributed by atoms with van der Waals surface area (Å²) in [5, 5.41) is 14.4. The third-order valence-electron chi connectivity index (χ3n) is 6.09. The van der Waals surface area contributed by atoms with Gasteiger partial charge in [-0.25, -0.2) is 4.79 Å². The number of fused-ring (bicyclic) bond motifs is 3. The summed E-state index contributed by atoms with van der Waals surface area (Å²) in [6.07, 6.45) is 0.498. The summed E-state index contributed by atoms with van der Waals surface area (Å²) in [5.41, 5.74) is 5.02. The van der Waals surface area contributed by atoms with E-state index in [9.17, 15) is 14.4 Å². The van der Waals surface area contributed by atoms with Crippen molar-refractivity contribution in [1.29, 1.82) is 0 Å². The second-order valence-electron chi connectivity index (χ2n) is 8.44. The Bertz CT molecular complexity index is 1170. The molecular formula is C27H27N3O5. The van der Waals surface area contributed by atoms with Crippen LogP contribution in [0.25, 0.3) is 11.1 Å². The molecule has 180 valence electrons. The standard InChI is InChI=1S/C27H27N3O5/c1-17(23-12-6-7-15-28-23)29-26(33)24(13-14-25(31)32)30-27(34)35-16-22-20-10-4-2-8-18(20)19-9-3-5-11-21(19)22/h2-12,15,17,22,24H,13-14,16H2,1H3,(H,29,33)(H,30,34)(H,31,32). The summed E-state index contributed by atoms with van der Waals surface area (Å²) in [5.74, 6) is -1.68. The van der Waals surface area contributed by atoms with E-state index >= 15 is 0 Å². The van der Waals surface area contributed by atoms with Crippen molar-refractivity contribution in [2.45, 2.75) is 37.8 Å². The van der Waals surface area contributed by atoms with Crippen LogP contribution in [0.5, 0.6) is 0 Å². The van der Waals surface area contributed by atoms with Crippen molar-refractivity contribution < 1.29 is 24.2 Å². The van der Waals surface area contributed by atoms with Crippen molar-refractivity contribution in [2.75, 3.05) is 6.61 Å². The molecule has 8 nitrogen and oxygen atoms in total. The minimum Gasteiger partial charge on any atom is -0.481 e. The maximum Gasteiger partial charge on any atom is 0.407 e. The summed E-state index contributed by atoms with van der Waals surface area (Å²) in [6.45, 7) is 1.86. The third-order valence-corrected chi connectivity index (χ3v) is 6.09. The van der Waals surface area contributed by atoms with Gasteiger partial charge in [-0.3, -0.25) is 14.6 Å². The van der Waals surface area contributed by atoms with Crippen molar-refractivity contribution >= 4 is 18.0 Å². The molecule has 0 bridgehead atoms. The number of hydrogen-bond donors (Lipinski definition) is 3. The van der Waals surface area contributed by atoms with Gasteiger partial charge in [0, 0.05) is 18.5 Å². The fraction of sp³-hybridized carbons (Fsp3) is 0.259. The zero-order chi connectivity index (χ0) is 24.8. The molecule has 35 heavy (non-hydrogen) atoms. The lowest BCUT2D eigenvalue weighted by Crippen LogP contribution is -2.48. The second kappa shape index (κ2) is 10.8. The number of aromatic nitrogens is 1. The Kier molecular flexibility index (Phi) is 7.40. The largest absolute Gasteiger partial charge is 0.481 e. The number of carbonyl (C=O) groups excluding carboxylic acids is 2. The molecule has 1 aromatic heterocycles. The van der Waals surface area contributed by atoms with Gasteiger partial charge < -0.3 is 20.5 Å². The lowest BCUT2D eigenvalue weighted by atomic mass is 9.98. The number of aliphatic carboxylic acids is 1. The SMILES string of the molecule is CC(NC(=O)C(CCC(=O)O)NC(=O)OCC1c2ccccc2-c2ccccc21)c1ccccn1. The minimum atomic E-state index is -1.06. The molecular weight excluding hydrogens is 446 g/mol. The number of carbonyl (C=O) groups is 3. The van der Waals surface area contributed by atoms with Crippen LogP contribution in [-0.4, -0.2) is 40.7 Å². The van der Waals surface area contributed by atoms with Crippen LogP contribution in [0.15, 0.2) is 72.9 Å². The molecule has 2 aromatic carbocycles. The molecule has 0 fully saturated rings. The van der Waals surface area contributed by atoms with Crippen molar-refractivity contribution in [3.8, 4) is 11.1 Å². The Morgan fingerprint density at radius 2 is 1.57 bits per heavy atom. The number of ether oxygens (including phenoxy) is 1. The van der Waals surface area contributed by atoms with E-state index in [1.165, 1.54) is 0 Å². The van der Waals surface area contributed by atoms with E-state index in [0.29, 0.717) is 5.69 Å². The second-order valence-corrected chi connectivity index (χ2v) is 8.44. The molecule has 0 saturated heterocycles. The maximum absolute atomic E-state index is 12.9. The van der Waals surface area contributed by atoms with Crippen LogP contribution < -0.4 is 10.6 Å². The Balaban J connectivity index is 1.41. The first-order valence-corrected chi connectivity index (χ1v) is 11.5. The van der Waals surface area contributed by atoms with E-state index < -0.39 is 30.1 Å². The van der Waals surface area contributed by atoms with Crippen LogP contribution in [0.1, 0.15) is 48.5 Å². The average Bonchev–Trinajstić information content (AvgIpc) is 3.19. The Morgan fingerprint density at radius 3 is 2.17 bits per heavy atom. The normalized spacial score (nSPS) is 13.7. The molecule has 2 unspecified atom stereocenters. The zero-order valence-electron chi connectivity index (χ0n) is 19.3. The molecule has 2 atom stereocenters. The number of rotatable bonds is 9. The first kappa shape index (κ1) is 23.9. The molecule has 1 heterocycles. The maximum atomic E-state index is 12.9. The van der Waals surface area contributed by atoms with Gasteiger partial charge in [0.25, 0.3) is 0 Å². The number of nitrogens with one attached hydrogen (secondary N) is 2. The number of carboxylic acids is 1. The minimum absolute atomic E-state index is 0.0691. The number of pyridine rings is 1. The Hall–Kier alpha value is -4.20. The van der Waals surface area contributed by atoms with Crippen molar-refractivity contribution in [3.05, 3.63) is 89.7 Å². The highest BCUT2D eigenvalue weighted by molar-refractivity contribution is 5.86. The van der Waals surface area contributed by atoms with Gasteiger partial charge in [0.1, 0.15) is 12.6 Å². The van der Waals surface area contributed by atoms with Gasteiger partial charge in [-0.05, 0) is 47.7 Å². The van der Waals surface area contributed by atoms with Crippen LogP contribution in [-0.2, 0) is 14.3 Å². The molecule has 3 aromatic rings. The average molecular weight is 474 g/mol. The molecule has 0 spiro atoms. The number of hydrogen-bond acceptors (Lipinski definition) is 5. The molecule has 0 aliphatic heterocycles. The van der Waals surface area contributed by atoms with Gasteiger partial charge in [0.15, 0.2) is 0 Å². The number of carboxylic acid groups (broad SMARTS) is 1. The first-order chi connectivity index (χ1) is 16.9. The molecule has 0 radical (unpaired) electrons. The number of amides is 2. The van der Waals surface area contributed by atoms with E-state index in [4.69, 9.17) is 9.84 Å². The van der Waals surface area contributed by atoms with Gasteiger partial charge in [0.05, 0.1) is 11.7 Å². The Labute approximate surface area is 203 Å². The molecule has 1 aliphatic rings. The van der Waals surface area contributed by atoms with Gasteiger partial charge >= 0.3 is 12.1 Å². The fourth-order valence-electron chi connectivity index (χ4n) is 4.34. The third kappa shape index (κ3) is 5.66. The van der Waals surface area contributed by atoms with Gasteiger partial charge in [-0.15, -0.1) is 0 Å². The highest BCUT2D eigenvalue weighted by atomic mass is 16.5. The lowest BCUT2D eigenvalue weighted by molar-refractivity contribution is -0.137. The quantitative estimate of drug-likeness (QED) is 0.432. The van der Waals surface area contributed by atoms with E-state index in [2.05, 4.69) is 15.6 Å². The predicted molar refractivity (Wildman–Crippen MR) is 130 cm³/mol. The summed E-state index contributed by atoms with van der Waals surface area (Å²) in [4.78, 5) is 40.8. The van der Waals surface area contributed by atoms with Crippen LogP contribution in [0.3, 0.4) is 0 Å². The first-order valence-electron chi connectivity index (χ1n) is 11.5. The van der Waals surface area contributed by atoms with Crippen LogP contribution in [0.2, 0.25) is 0 Å². The number of benzene rings is 2. The molecule has 3 N–H and O–H groups in total. The van der Waals surface area contributed by atoms with Crippen LogP contribution in [0.4, 0.5) is 4.79 Å². The summed E-state index contributed by atoms with van der Waals surface area (Å²) >= 11 is 0. The van der Waals surface area contributed by atoms with Gasteiger partial charge in [-0.1, -0.05) is 54.6 Å². The lowest BCUT2D eigenvalue weighted by Gasteiger charge is -2.21. The number of nitrogens with zero attached hydrogens (tertiary/aromatic N) is 1. The van der Waals surface area contributed by atoms with Crippen molar-refractivity contribution in [2.24, 2.45) is 0 Å². The van der Waals surface area contributed by atoms with Crippen molar-refractivity contribution in [3.63, 3.8) is 0 Å². The van der Waals surface area contributed by atoms with Gasteiger partial charge in [0.2, 0.25) is 5.91 Å². The number of alkyl carbamates (subject to hydrolysis) is 1. The predicted octanol–water partition coefficient (Wildman–Crippen LogP) is 4.03. The summed E-state index contributed by atoms with van der Waals surface area (Å²) in [6, 6.07) is 19.9. The van der Waals surface area contributed by atoms with Crippen LogP contribution >= 0.6 is 0 Å².